The lowest BCUT2D eigenvalue weighted by Gasteiger charge is -2.19. The normalized spacial score (nSPS) is 12.5. The zero-order valence-corrected chi connectivity index (χ0v) is 14.9. The predicted molar refractivity (Wildman–Crippen MR) is 90.9 cm³/mol. The number of benzene rings is 1. The summed E-state index contributed by atoms with van der Waals surface area (Å²) in [5, 5.41) is 1.82. The third-order valence-electron chi connectivity index (χ3n) is 3.63. The molecular formula is C18H17F3N2O5. The third-order valence-corrected chi connectivity index (χ3v) is 3.63. The fourth-order valence-corrected chi connectivity index (χ4v) is 2.31. The van der Waals surface area contributed by atoms with Crippen molar-refractivity contribution in [2.24, 2.45) is 11.7 Å². The van der Waals surface area contributed by atoms with Crippen molar-refractivity contribution in [2.75, 3.05) is 0 Å². The average molecular weight is 398 g/mol. The number of amides is 3. The number of primary amides is 1. The van der Waals surface area contributed by atoms with Crippen molar-refractivity contribution in [3.8, 4) is 11.3 Å². The molecular weight excluding hydrogens is 381 g/mol. The molecule has 0 radical (unpaired) electrons. The summed E-state index contributed by atoms with van der Waals surface area (Å²) in [6.07, 6.45) is -5.84. The zero-order chi connectivity index (χ0) is 21.1. The Hall–Kier alpha value is -3.30. The smallest absolute Gasteiger partial charge is 0.416 e. The van der Waals surface area contributed by atoms with Gasteiger partial charge in [0.05, 0.1) is 5.56 Å². The fraction of sp³-hybridized carbons (Fsp3) is 0.278. The van der Waals surface area contributed by atoms with Gasteiger partial charge in [0.15, 0.2) is 6.10 Å². The molecule has 0 saturated heterocycles. The topological polar surface area (TPSA) is 112 Å². The van der Waals surface area contributed by atoms with E-state index >= 15 is 0 Å². The first-order valence-electron chi connectivity index (χ1n) is 8.07. The van der Waals surface area contributed by atoms with Gasteiger partial charge in [0.25, 0.3) is 5.91 Å². The lowest BCUT2D eigenvalue weighted by Crippen LogP contribution is -2.45. The number of alkyl halides is 3. The SMILES string of the molecule is CC(C)[C@H](OC(=O)c1ccc(-c2cccc(C(F)(F)F)c2)o1)C(=O)NC(N)=O. The number of hydrogen-bond acceptors (Lipinski definition) is 5. The highest BCUT2D eigenvalue weighted by atomic mass is 19.4. The lowest BCUT2D eigenvalue weighted by molar-refractivity contribution is -0.137. The summed E-state index contributed by atoms with van der Waals surface area (Å²) in [5.74, 6) is -2.70. The standard InChI is InChI=1S/C18H17F3N2O5/c1-9(2)14(15(24)23-17(22)26)28-16(25)13-7-6-12(27-13)10-4-3-5-11(8-10)18(19,20)21/h3-9,14H,1-2H3,(H3,22,23,24,26)/t14-/m0/s1. The maximum atomic E-state index is 12.8. The summed E-state index contributed by atoms with van der Waals surface area (Å²) in [6, 6.07) is 5.80. The number of carbonyl (C=O) groups excluding carboxylic acids is 3. The molecule has 1 aromatic heterocycles. The second kappa shape index (κ2) is 8.15. The molecule has 0 fully saturated rings. The first-order valence-corrected chi connectivity index (χ1v) is 8.07. The van der Waals surface area contributed by atoms with Crippen molar-refractivity contribution < 1.29 is 36.7 Å². The molecule has 0 bridgehead atoms. The Labute approximate surface area is 157 Å². The van der Waals surface area contributed by atoms with E-state index in [9.17, 15) is 27.6 Å². The minimum Gasteiger partial charge on any atom is -0.449 e. The van der Waals surface area contributed by atoms with Crippen molar-refractivity contribution in [1.29, 1.82) is 0 Å². The maximum Gasteiger partial charge on any atom is 0.416 e. The average Bonchev–Trinajstić information content (AvgIpc) is 3.08. The summed E-state index contributed by atoms with van der Waals surface area (Å²) in [6.45, 7) is 3.16. The monoisotopic (exact) mass is 398 g/mol. The zero-order valence-electron chi connectivity index (χ0n) is 14.9. The molecule has 2 rings (SSSR count). The highest BCUT2D eigenvalue weighted by Gasteiger charge is 2.31. The van der Waals surface area contributed by atoms with Crippen LogP contribution in [-0.4, -0.2) is 24.0 Å². The van der Waals surface area contributed by atoms with E-state index in [4.69, 9.17) is 14.9 Å². The quantitative estimate of drug-likeness (QED) is 0.751. The lowest BCUT2D eigenvalue weighted by atomic mass is 10.1. The molecule has 1 heterocycles. The molecule has 2 aromatic rings. The number of nitrogens with two attached hydrogens (primary N) is 1. The van der Waals surface area contributed by atoms with Crippen LogP contribution in [0.1, 0.15) is 30.0 Å². The highest BCUT2D eigenvalue weighted by molar-refractivity contribution is 5.97. The van der Waals surface area contributed by atoms with Crippen LogP contribution in [0.2, 0.25) is 0 Å². The van der Waals surface area contributed by atoms with Crippen molar-refractivity contribution in [2.45, 2.75) is 26.1 Å². The highest BCUT2D eigenvalue weighted by Crippen LogP contribution is 2.32. The molecule has 150 valence electrons. The second-order valence-electron chi connectivity index (χ2n) is 6.17. The van der Waals surface area contributed by atoms with E-state index in [-0.39, 0.29) is 17.1 Å². The Morgan fingerprint density at radius 2 is 1.82 bits per heavy atom. The van der Waals surface area contributed by atoms with E-state index in [1.807, 2.05) is 5.32 Å². The molecule has 0 saturated carbocycles. The van der Waals surface area contributed by atoms with Crippen LogP contribution in [-0.2, 0) is 15.7 Å². The van der Waals surface area contributed by atoms with Gasteiger partial charge < -0.3 is 14.9 Å². The molecule has 0 aliphatic rings. The number of nitrogens with one attached hydrogen (secondary N) is 1. The van der Waals surface area contributed by atoms with Gasteiger partial charge in [-0.1, -0.05) is 26.0 Å². The summed E-state index contributed by atoms with van der Waals surface area (Å²) in [5.41, 5.74) is 4.12. The van der Waals surface area contributed by atoms with Crippen molar-refractivity contribution in [3.05, 3.63) is 47.7 Å². The minimum atomic E-state index is -4.53. The van der Waals surface area contributed by atoms with Crippen LogP contribution in [0.5, 0.6) is 0 Å². The largest absolute Gasteiger partial charge is 0.449 e. The van der Waals surface area contributed by atoms with Gasteiger partial charge in [-0.3, -0.25) is 10.1 Å². The van der Waals surface area contributed by atoms with Gasteiger partial charge in [0.1, 0.15) is 5.76 Å². The second-order valence-corrected chi connectivity index (χ2v) is 6.17. The van der Waals surface area contributed by atoms with E-state index in [0.717, 1.165) is 12.1 Å². The van der Waals surface area contributed by atoms with Crippen LogP contribution in [0.3, 0.4) is 0 Å². The van der Waals surface area contributed by atoms with Gasteiger partial charge >= 0.3 is 18.2 Å². The van der Waals surface area contributed by atoms with Gasteiger partial charge in [-0.05, 0) is 30.2 Å². The van der Waals surface area contributed by atoms with Gasteiger partial charge in [-0.15, -0.1) is 0 Å². The molecule has 0 spiro atoms. The number of rotatable bonds is 5. The van der Waals surface area contributed by atoms with Crippen LogP contribution in [0.4, 0.5) is 18.0 Å². The van der Waals surface area contributed by atoms with Gasteiger partial charge in [-0.25, -0.2) is 9.59 Å². The molecule has 3 amide bonds. The van der Waals surface area contributed by atoms with Gasteiger partial charge in [-0.2, -0.15) is 13.2 Å². The Morgan fingerprint density at radius 1 is 1.14 bits per heavy atom. The summed E-state index contributed by atoms with van der Waals surface area (Å²) in [7, 11) is 0. The van der Waals surface area contributed by atoms with E-state index in [0.29, 0.717) is 0 Å². The number of esters is 1. The molecule has 0 unspecified atom stereocenters. The number of hydrogen-bond donors (Lipinski definition) is 2. The molecule has 1 atom stereocenters. The number of furan rings is 1. The third kappa shape index (κ3) is 5.12. The first-order chi connectivity index (χ1) is 13.0. The summed E-state index contributed by atoms with van der Waals surface area (Å²) in [4.78, 5) is 34.9. The van der Waals surface area contributed by atoms with E-state index < -0.39 is 41.7 Å². The summed E-state index contributed by atoms with van der Waals surface area (Å²) >= 11 is 0. The Kier molecular flexibility index (Phi) is 6.12. The Balaban J connectivity index is 2.20. The van der Waals surface area contributed by atoms with Crippen LogP contribution >= 0.6 is 0 Å². The van der Waals surface area contributed by atoms with Gasteiger partial charge in [0.2, 0.25) is 5.76 Å². The number of ether oxygens (including phenoxy) is 1. The molecule has 0 aliphatic carbocycles. The van der Waals surface area contributed by atoms with Crippen LogP contribution in [0.25, 0.3) is 11.3 Å². The molecule has 3 N–H and O–H groups in total. The van der Waals surface area contributed by atoms with E-state index in [1.54, 1.807) is 13.8 Å². The first kappa shape index (κ1) is 21.0. The predicted octanol–water partition coefficient (Wildman–Crippen LogP) is 3.34. The number of imide groups is 1. The van der Waals surface area contributed by atoms with Crippen molar-refractivity contribution in [1.82, 2.24) is 5.32 Å². The molecule has 0 aliphatic heterocycles. The van der Waals surface area contributed by atoms with Crippen molar-refractivity contribution in [3.63, 3.8) is 0 Å². The minimum absolute atomic E-state index is 0.0146. The number of carbonyl (C=O) groups is 3. The maximum absolute atomic E-state index is 12.8. The summed E-state index contributed by atoms with van der Waals surface area (Å²) < 4.78 is 48.8. The number of halogens is 3. The molecule has 7 nitrogen and oxygen atoms in total. The molecule has 28 heavy (non-hydrogen) atoms. The van der Waals surface area contributed by atoms with E-state index in [1.165, 1.54) is 24.3 Å². The van der Waals surface area contributed by atoms with Crippen LogP contribution in [0, 0.1) is 5.92 Å². The number of urea groups is 1. The van der Waals surface area contributed by atoms with E-state index in [2.05, 4.69) is 0 Å². The Bertz CT molecular complexity index is 889. The van der Waals surface area contributed by atoms with Crippen LogP contribution < -0.4 is 11.1 Å². The van der Waals surface area contributed by atoms with Crippen LogP contribution in [0.15, 0.2) is 40.8 Å². The van der Waals surface area contributed by atoms with Gasteiger partial charge in [0, 0.05) is 5.56 Å². The Morgan fingerprint density at radius 3 is 2.39 bits per heavy atom. The van der Waals surface area contributed by atoms with Crippen molar-refractivity contribution >= 4 is 17.9 Å². The molecule has 10 heteroatoms. The fourth-order valence-electron chi connectivity index (χ4n) is 2.31. The molecule has 1 aromatic carbocycles.